The highest BCUT2D eigenvalue weighted by Gasteiger charge is 2.36. The van der Waals surface area contributed by atoms with Crippen molar-refractivity contribution in [3.8, 4) is 0 Å². The van der Waals surface area contributed by atoms with Crippen LogP contribution in [-0.4, -0.2) is 19.0 Å². The smallest absolute Gasteiger partial charge is 0.159 e. The predicted molar refractivity (Wildman–Crippen MR) is 60.4 cm³/mol. The number of hydrogen-bond acceptors (Lipinski definition) is 3. The summed E-state index contributed by atoms with van der Waals surface area (Å²) < 4.78 is 5.08. The molecule has 1 fully saturated rings. The molecule has 0 bridgehead atoms. The number of carbonyl (C=O) groups is 1. The van der Waals surface area contributed by atoms with E-state index in [1.807, 2.05) is 18.2 Å². The number of benzene rings is 1. The van der Waals surface area contributed by atoms with E-state index in [0.717, 1.165) is 5.56 Å². The lowest BCUT2D eigenvalue weighted by Gasteiger charge is -2.38. The number of rotatable bonds is 2. The van der Waals surface area contributed by atoms with Gasteiger partial charge in [-0.3, -0.25) is 4.79 Å². The van der Waals surface area contributed by atoms with Crippen molar-refractivity contribution in [3.05, 3.63) is 35.4 Å². The molecule has 0 unspecified atom stereocenters. The minimum atomic E-state index is -0.383. The number of halogens is 1. The Hall–Kier alpha value is -0.900. The zero-order valence-corrected chi connectivity index (χ0v) is 9.34. The fourth-order valence-electron chi connectivity index (χ4n) is 1.54. The zero-order chi connectivity index (χ0) is 10.2. The summed E-state index contributed by atoms with van der Waals surface area (Å²) in [6.45, 7) is 2.63. The fraction of sp³-hybridized carbons (Fsp3) is 0.364. The van der Waals surface area contributed by atoms with E-state index in [1.54, 1.807) is 13.0 Å². The van der Waals surface area contributed by atoms with E-state index < -0.39 is 0 Å². The summed E-state index contributed by atoms with van der Waals surface area (Å²) in [6.07, 6.45) is 0. The Labute approximate surface area is 95.0 Å². The number of nitrogens with two attached hydrogens (primary N) is 1. The average molecular weight is 228 g/mol. The van der Waals surface area contributed by atoms with Crippen LogP contribution in [0.15, 0.2) is 24.3 Å². The Balaban J connectivity index is 0.00000112. The van der Waals surface area contributed by atoms with Crippen molar-refractivity contribution >= 4 is 18.2 Å². The summed E-state index contributed by atoms with van der Waals surface area (Å²) in [7, 11) is 0. The maximum atomic E-state index is 11.2. The van der Waals surface area contributed by atoms with Gasteiger partial charge in [-0.2, -0.15) is 0 Å². The minimum Gasteiger partial charge on any atom is -0.377 e. The molecule has 0 aliphatic carbocycles. The highest BCUT2D eigenvalue weighted by molar-refractivity contribution is 5.94. The molecule has 2 rings (SSSR count). The van der Waals surface area contributed by atoms with Gasteiger partial charge in [0, 0.05) is 5.56 Å². The summed E-state index contributed by atoms with van der Waals surface area (Å²) in [5.41, 5.74) is 7.36. The third-order valence-electron chi connectivity index (χ3n) is 2.56. The summed E-state index contributed by atoms with van der Waals surface area (Å²) in [5, 5.41) is 0. The number of Topliss-reactive ketones (excluding diaryl/α,β-unsaturated/α-hetero) is 1. The second kappa shape index (κ2) is 4.31. The molecular formula is C11H14ClNO2. The van der Waals surface area contributed by atoms with Crippen LogP contribution in [0.2, 0.25) is 0 Å². The molecule has 0 aromatic heterocycles. The first kappa shape index (κ1) is 12.2. The summed E-state index contributed by atoms with van der Waals surface area (Å²) in [5.74, 6) is 0.0655. The molecular weight excluding hydrogens is 214 g/mol. The quantitative estimate of drug-likeness (QED) is 0.779. The molecule has 15 heavy (non-hydrogen) atoms. The van der Waals surface area contributed by atoms with Crippen LogP contribution in [0.1, 0.15) is 22.8 Å². The van der Waals surface area contributed by atoms with E-state index in [2.05, 4.69) is 0 Å². The van der Waals surface area contributed by atoms with Crippen LogP contribution < -0.4 is 5.73 Å². The van der Waals surface area contributed by atoms with Gasteiger partial charge < -0.3 is 10.5 Å². The molecule has 82 valence electrons. The Kier molecular flexibility index (Phi) is 3.50. The molecule has 1 aromatic rings. The van der Waals surface area contributed by atoms with Crippen molar-refractivity contribution in [1.82, 2.24) is 0 Å². The molecule has 0 amide bonds. The second-order valence-corrected chi connectivity index (χ2v) is 3.79. The van der Waals surface area contributed by atoms with Crippen LogP contribution in [0.25, 0.3) is 0 Å². The lowest BCUT2D eigenvalue weighted by molar-refractivity contribution is -0.0569. The molecule has 4 heteroatoms. The van der Waals surface area contributed by atoms with Gasteiger partial charge in [0.05, 0.1) is 18.8 Å². The summed E-state index contributed by atoms with van der Waals surface area (Å²) >= 11 is 0. The third kappa shape index (κ3) is 2.20. The van der Waals surface area contributed by atoms with E-state index >= 15 is 0 Å². The Morgan fingerprint density at radius 3 is 2.60 bits per heavy atom. The first-order valence-electron chi connectivity index (χ1n) is 4.60. The first-order valence-corrected chi connectivity index (χ1v) is 4.60. The van der Waals surface area contributed by atoms with Crippen molar-refractivity contribution in [2.75, 3.05) is 13.2 Å². The van der Waals surface area contributed by atoms with Crippen LogP contribution in [0.5, 0.6) is 0 Å². The summed E-state index contributed by atoms with van der Waals surface area (Å²) in [6, 6.07) is 7.45. The average Bonchev–Trinajstić information content (AvgIpc) is 2.14. The predicted octanol–water partition coefficient (Wildman–Crippen LogP) is 1.50. The van der Waals surface area contributed by atoms with Crippen LogP contribution >= 0.6 is 12.4 Å². The number of carbonyl (C=O) groups excluding carboxylic acids is 1. The van der Waals surface area contributed by atoms with Gasteiger partial charge in [0.2, 0.25) is 0 Å². The van der Waals surface area contributed by atoms with Gasteiger partial charge in [-0.25, -0.2) is 0 Å². The van der Waals surface area contributed by atoms with Gasteiger partial charge in [-0.05, 0) is 18.6 Å². The maximum absolute atomic E-state index is 11.2. The third-order valence-corrected chi connectivity index (χ3v) is 2.56. The number of ether oxygens (including phenoxy) is 1. The van der Waals surface area contributed by atoms with E-state index in [4.69, 9.17) is 10.5 Å². The highest BCUT2D eigenvalue weighted by atomic mass is 35.5. The van der Waals surface area contributed by atoms with Crippen LogP contribution in [0, 0.1) is 0 Å². The van der Waals surface area contributed by atoms with E-state index in [1.165, 1.54) is 0 Å². The van der Waals surface area contributed by atoms with Gasteiger partial charge in [-0.1, -0.05) is 18.2 Å². The van der Waals surface area contributed by atoms with Crippen molar-refractivity contribution in [2.45, 2.75) is 12.5 Å². The SMILES string of the molecule is CC(=O)c1cccc(C2(N)COC2)c1.Cl. The van der Waals surface area contributed by atoms with Crippen molar-refractivity contribution < 1.29 is 9.53 Å². The topological polar surface area (TPSA) is 52.3 Å². The number of ketones is 1. The van der Waals surface area contributed by atoms with E-state index in [9.17, 15) is 4.79 Å². The Morgan fingerprint density at radius 1 is 1.47 bits per heavy atom. The van der Waals surface area contributed by atoms with Gasteiger partial charge in [0.1, 0.15) is 0 Å². The van der Waals surface area contributed by atoms with Crippen LogP contribution in [-0.2, 0) is 10.3 Å². The molecule has 1 saturated heterocycles. The molecule has 0 spiro atoms. The van der Waals surface area contributed by atoms with Crippen LogP contribution in [0.3, 0.4) is 0 Å². The molecule has 1 aromatic carbocycles. The molecule has 0 radical (unpaired) electrons. The standard InChI is InChI=1S/C11H13NO2.ClH/c1-8(13)9-3-2-4-10(5-9)11(12)6-14-7-11;/h2-5H,6-7,12H2,1H3;1H. The zero-order valence-electron chi connectivity index (χ0n) is 8.53. The van der Waals surface area contributed by atoms with Gasteiger partial charge in [0.15, 0.2) is 5.78 Å². The number of hydrogen-bond donors (Lipinski definition) is 1. The minimum absolute atomic E-state index is 0. The van der Waals surface area contributed by atoms with E-state index in [0.29, 0.717) is 18.8 Å². The molecule has 2 N–H and O–H groups in total. The highest BCUT2D eigenvalue weighted by Crippen LogP contribution is 2.27. The van der Waals surface area contributed by atoms with Gasteiger partial charge in [-0.15, -0.1) is 12.4 Å². The second-order valence-electron chi connectivity index (χ2n) is 3.79. The molecule has 1 aliphatic heterocycles. The van der Waals surface area contributed by atoms with Gasteiger partial charge in [0.25, 0.3) is 0 Å². The Morgan fingerprint density at radius 2 is 2.13 bits per heavy atom. The molecule has 1 aliphatic rings. The monoisotopic (exact) mass is 227 g/mol. The fourth-order valence-corrected chi connectivity index (χ4v) is 1.54. The van der Waals surface area contributed by atoms with Crippen LogP contribution in [0.4, 0.5) is 0 Å². The van der Waals surface area contributed by atoms with E-state index in [-0.39, 0.29) is 23.7 Å². The lowest BCUT2D eigenvalue weighted by Crippen LogP contribution is -2.54. The molecule has 3 nitrogen and oxygen atoms in total. The van der Waals surface area contributed by atoms with Crippen molar-refractivity contribution in [2.24, 2.45) is 5.73 Å². The lowest BCUT2D eigenvalue weighted by atomic mass is 9.88. The normalized spacial score (nSPS) is 17.5. The first-order chi connectivity index (χ1) is 6.62. The van der Waals surface area contributed by atoms with Gasteiger partial charge >= 0.3 is 0 Å². The largest absolute Gasteiger partial charge is 0.377 e. The maximum Gasteiger partial charge on any atom is 0.159 e. The van der Waals surface area contributed by atoms with Crippen molar-refractivity contribution in [1.29, 1.82) is 0 Å². The Bertz CT molecular complexity index is 375. The molecule has 0 atom stereocenters. The van der Waals surface area contributed by atoms with Crippen molar-refractivity contribution in [3.63, 3.8) is 0 Å². The molecule has 1 heterocycles. The molecule has 0 saturated carbocycles. The summed E-state index contributed by atoms with van der Waals surface area (Å²) in [4.78, 5) is 11.2.